The molecule has 0 bridgehead atoms. The molecule has 132 valence electrons. The number of ether oxygens (including phenoxy) is 1. The van der Waals surface area contributed by atoms with Gasteiger partial charge in [-0.1, -0.05) is 0 Å². The minimum Gasteiger partial charge on any atom is -0.387 e. The third-order valence-corrected chi connectivity index (χ3v) is 5.61. The molecule has 0 saturated carbocycles. The molecule has 4 atom stereocenters. The average Bonchev–Trinajstić information content (AvgIpc) is 3.00. The van der Waals surface area contributed by atoms with Crippen molar-refractivity contribution in [1.29, 1.82) is 0 Å². The molecule has 2 aromatic rings. The van der Waals surface area contributed by atoms with E-state index >= 15 is 0 Å². The molecule has 7 nitrogen and oxygen atoms in total. The van der Waals surface area contributed by atoms with Crippen LogP contribution in [0.5, 0.6) is 0 Å². The van der Waals surface area contributed by atoms with Gasteiger partial charge in [0.25, 0.3) is 5.56 Å². The number of halogens is 1. The van der Waals surface area contributed by atoms with E-state index in [0.717, 1.165) is 6.16 Å². The molecular weight excluding hydrogens is 334 g/mol. The zero-order valence-corrected chi connectivity index (χ0v) is 14.8. The summed E-state index contributed by atoms with van der Waals surface area (Å²) in [5.74, 6) is 0.406. The lowest BCUT2D eigenvalue weighted by Gasteiger charge is -2.18. The van der Waals surface area contributed by atoms with Crippen molar-refractivity contribution >= 4 is 24.3 Å². The molecule has 0 aromatic carbocycles. The zero-order valence-electron chi connectivity index (χ0n) is 13.9. The molecule has 9 heteroatoms. The van der Waals surface area contributed by atoms with Crippen LogP contribution in [0.3, 0.4) is 0 Å². The van der Waals surface area contributed by atoms with E-state index in [1.165, 1.54) is 10.9 Å². The smallest absolute Gasteiger partial charge is 0.279 e. The number of rotatable bonds is 4. The normalized spacial score (nSPS) is 27.9. The predicted molar refractivity (Wildman–Crippen MR) is 93.1 cm³/mol. The monoisotopic (exact) mass is 356 g/mol. The van der Waals surface area contributed by atoms with Gasteiger partial charge < -0.3 is 14.8 Å². The molecule has 0 amide bonds. The van der Waals surface area contributed by atoms with Gasteiger partial charge in [0.05, 0.1) is 12.4 Å². The fraction of sp³-hybridized carbons (Fsp3) is 0.600. The standard InChI is InChI=1S/C15H22FN4O3P/c1-8-18-13-11(14(22)19-8)17-7-20(13)15-10(16)12(21)9(23-15)5-6-24(2,3)4/h7,9-10,12,15,21H,2,5-6H2,1,3-4H3,(H,18,19,22)/t9-,10-,12-,15?/m1/s1. The molecule has 1 aliphatic rings. The summed E-state index contributed by atoms with van der Waals surface area (Å²) in [6.07, 6.45) is 2.31. The molecule has 0 aliphatic carbocycles. The van der Waals surface area contributed by atoms with Crippen LogP contribution in [0.1, 0.15) is 18.5 Å². The second-order valence-corrected chi connectivity index (χ2v) is 11.2. The third kappa shape index (κ3) is 3.18. The maximum atomic E-state index is 14.6. The molecular formula is C15H22FN4O3P. The van der Waals surface area contributed by atoms with Gasteiger partial charge in [0, 0.05) is 0 Å². The number of nitrogens with zero attached hydrogens (tertiary/aromatic N) is 3. The highest BCUT2D eigenvalue weighted by Gasteiger charge is 2.45. The first-order valence-corrected chi connectivity index (χ1v) is 10.8. The average molecular weight is 356 g/mol. The maximum absolute atomic E-state index is 14.6. The number of aliphatic hydroxyl groups excluding tert-OH is 1. The highest BCUT2D eigenvalue weighted by Crippen LogP contribution is 2.40. The lowest BCUT2D eigenvalue weighted by molar-refractivity contribution is -0.0234. The summed E-state index contributed by atoms with van der Waals surface area (Å²) >= 11 is 0. The number of imidazole rings is 1. The van der Waals surface area contributed by atoms with E-state index in [9.17, 15) is 14.3 Å². The van der Waals surface area contributed by atoms with Gasteiger partial charge in [-0.25, -0.2) is 14.4 Å². The molecule has 1 fully saturated rings. The van der Waals surface area contributed by atoms with E-state index in [1.54, 1.807) is 6.92 Å². The fourth-order valence-electron chi connectivity index (χ4n) is 2.86. The van der Waals surface area contributed by atoms with E-state index in [0.29, 0.717) is 12.2 Å². The summed E-state index contributed by atoms with van der Waals surface area (Å²) < 4.78 is 21.7. The SMILES string of the molecule is C=P(C)(C)CC[C@H]1OC(n2cnc3c(=O)[nH]c(C)nc32)[C@H](F)[C@@H]1O. The minimum atomic E-state index is -1.61. The van der Waals surface area contributed by atoms with E-state index in [1.807, 2.05) is 0 Å². The van der Waals surface area contributed by atoms with Crippen molar-refractivity contribution in [2.24, 2.45) is 0 Å². The summed E-state index contributed by atoms with van der Waals surface area (Å²) in [5, 5.41) is 10.2. The summed E-state index contributed by atoms with van der Waals surface area (Å²) in [6, 6.07) is 0. The molecule has 0 radical (unpaired) electrons. The number of H-pyrrole nitrogens is 1. The van der Waals surface area contributed by atoms with Crippen molar-refractivity contribution in [2.75, 3.05) is 19.5 Å². The lowest BCUT2D eigenvalue weighted by atomic mass is 10.1. The number of hydrogen-bond acceptors (Lipinski definition) is 5. The number of aryl methyl sites for hydroxylation is 1. The van der Waals surface area contributed by atoms with Gasteiger partial charge in [-0.3, -0.25) is 9.36 Å². The van der Waals surface area contributed by atoms with Gasteiger partial charge >= 0.3 is 0 Å². The largest absolute Gasteiger partial charge is 0.387 e. The minimum absolute atomic E-state index is 0.124. The van der Waals surface area contributed by atoms with E-state index in [2.05, 4.69) is 34.6 Å². The van der Waals surface area contributed by atoms with E-state index in [4.69, 9.17) is 4.74 Å². The number of aliphatic hydroxyl groups is 1. The second-order valence-electron chi connectivity index (χ2n) is 6.92. The van der Waals surface area contributed by atoms with Gasteiger partial charge in [0.15, 0.2) is 23.6 Å². The fourth-order valence-corrected chi connectivity index (χ4v) is 3.82. The molecule has 1 saturated heterocycles. The molecule has 24 heavy (non-hydrogen) atoms. The van der Waals surface area contributed by atoms with Crippen LogP contribution in [0, 0.1) is 6.92 Å². The third-order valence-electron chi connectivity index (χ3n) is 4.14. The molecule has 3 rings (SSSR count). The van der Waals surface area contributed by atoms with E-state index in [-0.39, 0.29) is 16.7 Å². The number of aromatic nitrogens is 4. The number of alkyl halides is 1. The van der Waals surface area contributed by atoms with Crippen LogP contribution in [0.2, 0.25) is 0 Å². The second kappa shape index (κ2) is 6.10. The Bertz CT molecular complexity index is 858. The quantitative estimate of drug-likeness (QED) is 0.801. The van der Waals surface area contributed by atoms with Crippen LogP contribution in [-0.4, -0.2) is 68.8 Å². The Morgan fingerprint density at radius 2 is 2.25 bits per heavy atom. The van der Waals surface area contributed by atoms with Crippen LogP contribution in [0.25, 0.3) is 11.2 Å². The summed E-state index contributed by atoms with van der Waals surface area (Å²) in [6.45, 7) is 4.52. The lowest BCUT2D eigenvalue weighted by Crippen LogP contribution is -2.29. The number of hydrogen-bond donors (Lipinski definition) is 2. The molecule has 1 unspecified atom stereocenters. The number of nitrogens with one attached hydrogen (secondary N) is 1. The van der Waals surface area contributed by atoms with Crippen LogP contribution >= 0.6 is 6.89 Å². The Hall–Kier alpha value is -1.50. The number of fused-ring (bicyclic) bond motifs is 1. The molecule has 2 aromatic heterocycles. The Kier molecular flexibility index (Phi) is 4.40. The van der Waals surface area contributed by atoms with Crippen molar-refractivity contribution < 1.29 is 14.2 Å². The Morgan fingerprint density at radius 3 is 2.92 bits per heavy atom. The van der Waals surface area contributed by atoms with Crippen LogP contribution in [0.15, 0.2) is 11.1 Å². The Labute approximate surface area is 138 Å². The van der Waals surface area contributed by atoms with Crippen LogP contribution < -0.4 is 5.56 Å². The van der Waals surface area contributed by atoms with Crippen molar-refractivity contribution in [1.82, 2.24) is 19.5 Å². The number of aromatic amines is 1. The van der Waals surface area contributed by atoms with Gasteiger partial charge in [0.1, 0.15) is 11.9 Å². The Balaban J connectivity index is 1.90. The van der Waals surface area contributed by atoms with Gasteiger partial charge in [-0.05, 0) is 32.8 Å². The van der Waals surface area contributed by atoms with Gasteiger partial charge in [0.2, 0.25) is 0 Å². The summed E-state index contributed by atoms with van der Waals surface area (Å²) in [5.41, 5.74) is -0.00810. The predicted octanol–water partition coefficient (Wildman–Crippen LogP) is 1.12. The highest BCUT2D eigenvalue weighted by atomic mass is 31.2. The van der Waals surface area contributed by atoms with E-state index < -0.39 is 31.5 Å². The first-order valence-electron chi connectivity index (χ1n) is 7.76. The van der Waals surface area contributed by atoms with Crippen molar-refractivity contribution in [3.63, 3.8) is 0 Å². The van der Waals surface area contributed by atoms with Crippen molar-refractivity contribution in [3.8, 4) is 0 Å². The van der Waals surface area contributed by atoms with Gasteiger partial charge in [-0.15, -0.1) is 13.2 Å². The van der Waals surface area contributed by atoms with Crippen LogP contribution in [0.4, 0.5) is 4.39 Å². The summed E-state index contributed by atoms with van der Waals surface area (Å²) in [7, 11) is 0. The zero-order chi connectivity index (χ0) is 17.6. The topological polar surface area (TPSA) is 93.0 Å². The molecule has 2 N–H and O–H groups in total. The summed E-state index contributed by atoms with van der Waals surface area (Å²) in [4.78, 5) is 22.7. The van der Waals surface area contributed by atoms with Crippen molar-refractivity contribution in [3.05, 3.63) is 22.5 Å². The highest BCUT2D eigenvalue weighted by molar-refractivity contribution is 7.72. The van der Waals surface area contributed by atoms with Crippen LogP contribution in [-0.2, 0) is 4.74 Å². The van der Waals surface area contributed by atoms with Crippen molar-refractivity contribution in [2.45, 2.75) is 38.0 Å². The molecule has 3 heterocycles. The first kappa shape index (κ1) is 17.3. The maximum Gasteiger partial charge on any atom is 0.279 e. The molecule has 1 aliphatic heterocycles. The Morgan fingerprint density at radius 1 is 1.54 bits per heavy atom. The van der Waals surface area contributed by atoms with Gasteiger partial charge in [-0.2, -0.15) is 0 Å². The first-order chi connectivity index (χ1) is 11.2. The molecule has 0 spiro atoms.